The van der Waals surface area contributed by atoms with Crippen molar-refractivity contribution in [1.82, 2.24) is 14.2 Å². The Hall–Kier alpha value is -3.70. The Kier molecular flexibility index (Phi) is 9.26. The summed E-state index contributed by atoms with van der Waals surface area (Å²) in [4.78, 5) is 12.2. The van der Waals surface area contributed by atoms with Gasteiger partial charge in [0, 0.05) is 44.1 Å². The van der Waals surface area contributed by atoms with E-state index in [4.69, 9.17) is 4.74 Å². The summed E-state index contributed by atoms with van der Waals surface area (Å²) < 4.78 is 33.2. The number of carbonyl (C=O) groups is 1. The Morgan fingerprint density at radius 3 is 2.33 bits per heavy atom. The van der Waals surface area contributed by atoms with E-state index in [0.29, 0.717) is 18.7 Å². The lowest BCUT2D eigenvalue weighted by Crippen LogP contribution is -2.37. The van der Waals surface area contributed by atoms with Gasteiger partial charge in [0.2, 0.25) is 10.0 Å². The highest BCUT2D eigenvalue weighted by molar-refractivity contribution is 7.89. The lowest BCUT2D eigenvalue weighted by Gasteiger charge is -2.18. The van der Waals surface area contributed by atoms with Gasteiger partial charge in [-0.05, 0) is 66.9 Å². The van der Waals surface area contributed by atoms with E-state index in [0.717, 1.165) is 26.3 Å². The average molecular weight is 566 g/mol. The third-order valence-electron chi connectivity index (χ3n) is 6.66. The van der Waals surface area contributed by atoms with Crippen molar-refractivity contribution < 1.29 is 28.2 Å². The summed E-state index contributed by atoms with van der Waals surface area (Å²) in [5.41, 5.74) is 2.76. The third kappa shape index (κ3) is 7.08. The van der Waals surface area contributed by atoms with E-state index < -0.39 is 22.1 Å². The second kappa shape index (κ2) is 12.6. The molecule has 1 aromatic heterocycles. The van der Waals surface area contributed by atoms with Crippen LogP contribution >= 0.6 is 0 Å². The van der Waals surface area contributed by atoms with Crippen LogP contribution in [-0.2, 0) is 23.0 Å². The monoisotopic (exact) mass is 565 g/mol. The van der Waals surface area contributed by atoms with Gasteiger partial charge in [-0.2, -0.15) is 0 Å². The minimum absolute atomic E-state index is 0.0711. The third-order valence-corrected chi connectivity index (χ3v) is 8.49. The number of benzene rings is 3. The highest BCUT2D eigenvalue weighted by Gasteiger charge is 2.19. The van der Waals surface area contributed by atoms with Crippen molar-refractivity contribution in [2.45, 2.75) is 36.9 Å². The molecule has 0 fully saturated rings. The maximum atomic E-state index is 12.4. The van der Waals surface area contributed by atoms with E-state index >= 15 is 0 Å². The molecule has 0 aliphatic heterocycles. The number of aromatic nitrogens is 1. The quantitative estimate of drug-likeness (QED) is 0.227. The fraction of sp³-hybridized carbons (Fsp3) is 0.300. The van der Waals surface area contributed by atoms with Gasteiger partial charge in [0.25, 0.3) is 0 Å². The SMILES string of the molecule is CC(Cc1ccc2c(c1)cc(C(=O)O)n2Cc1ccc(S(=O)(=O)N(C)C)cc1)NCC(O)COc1ccccc1. The van der Waals surface area contributed by atoms with Crippen molar-refractivity contribution in [1.29, 1.82) is 0 Å². The predicted molar refractivity (Wildman–Crippen MR) is 154 cm³/mol. The van der Waals surface area contributed by atoms with Gasteiger partial charge < -0.3 is 24.8 Å². The number of fused-ring (bicyclic) bond motifs is 1. The Bertz CT molecular complexity index is 1550. The smallest absolute Gasteiger partial charge is 0.352 e. The molecule has 0 amide bonds. The van der Waals surface area contributed by atoms with Gasteiger partial charge in [-0.25, -0.2) is 17.5 Å². The molecule has 0 saturated heterocycles. The summed E-state index contributed by atoms with van der Waals surface area (Å²) in [5.74, 6) is -0.323. The number of nitrogens with zero attached hydrogens (tertiary/aromatic N) is 2. The standard InChI is InChI=1S/C30H35N3O6S/c1-21(31-18-25(34)20-39-26-7-5-4-6-8-26)15-23-11-14-28-24(16-23)17-29(30(35)36)33(28)19-22-9-12-27(13-10-22)40(37,38)32(2)3/h4-14,16-17,21,25,31,34H,15,18-20H2,1-3H3,(H,35,36). The van der Waals surface area contributed by atoms with E-state index in [-0.39, 0.29) is 29.8 Å². The largest absolute Gasteiger partial charge is 0.491 e. The summed E-state index contributed by atoms with van der Waals surface area (Å²) in [6.45, 7) is 2.89. The van der Waals surface area contributed by atoms with Crippen LogP contribution in [0.15, 0.2) is 83.8 Å². The van der Waals surface area contributed by atoms with Crippen LogP contribution < -0.4 is 10.1 Å². The first-order valence-electron chi connectivity index (χ1n) is 13.0. The molecule has 1 heterocycles. The fourth-order valence-corrected chi connectivity index (χ4v) is 5.39. The van der Waals surface area contributed by atoms with Crippen molar-refractivity contribution in [3.05, 3.63) is 95.7 Å². The van der Waals surface area contributed by atoms with Crippen LogP contribution in [0.5, 0.6) is 5.75 Å². The number of aromatic carboxylic acids is 1. The first kappa shape index (κ1) is 29.3. The van der Waals surface area contributed by atoms with Crippen molar-refractivity contribution in [3.8, 4) is 5.75 Å². The number of hydrogen-bond acceptors (Lipinski definition) is 6. The second-order valence-electron chi connectivity index (χ2n) is 10.0. The van der Waals surface area contributed by atoms with Gasteiger partial charge in [0.05, 0.1) is 4.90 Å². The van der Waals surface area contributed by atoms with Crippen LogP contribution in [0, 0.1) is 0 Å². The number of sulfonamides is 1. The van der Waals surface area contributed by atoms with Crippen molar-refractivity contribution in [3.63, 3.8) is 0 Å². The number of hydrogen-bond donors (Lipinski definition) is 3. The number of ether oxygens (including phenoxy) is 1. The van der Waals surface area contributed by atoms with E-state index in [1.807, 2.05) is 55.5 Å². The lowest BCUT2D eigenvalue weighted by atomic mass is 10.0. The summed E-state index contributed by atoms with van der Waals surface area (Å²) in [7, 11) is -0.589. The lowest BCUT2D eigenvalue weighted by molar-refractivity contribution is 0.0686. The molecule has 4 aromatic rings. The maximum Gasteiger partial charge on any atom is 0.352 e. The van der Waals surface area contributed by atoms with Gasteiger partial charge in [-0.15, -0.1) is 0 Å². The zero-order valence-electron chi connectivity index (χ0n) is 22.8. The van der Waals surface area contributed by atoms with Gasteiger partial charge in [0.1, 0.15) is 24.2 Å². The molecule has 3 aromatic carbocycles. The van der Waals surface area contributed by atoms with E-state index in [2.05, 4.69) is 5.32 Å². The summed E-state index contributed by atoms with van der Waals surface area (Å²) in [5, 5.41) is 24.3. The second-order valence-corrected chi connectivity index (χ2v) is 12.2. The van der Waals surface area contributed by atoms with Crippen molar-refractivity contribution in [2.24, 2.45) is 0 Å². The number of rotatable bonds is 13. The molecule has 10 heteroatoms. The zero-order valence-corrected chi connectivity index (χ0v) is 23.6. The number of aliphatic hydroxyl groups is 1. The number of nitrogens with one attached hydrogen (secondary N) is 1. The Morgan fingerprint density at radius 1 is 1.00 bits per heavy atom. The maximum absolute atomic E-state index is 12.4. The van der Waals surface area contributed by atoms with Crippen LogP contribution in [0.3, 0.4) is 0 Å². The van der Waals surface area contributed by atoms with Gasteiger partial charge in [-0.1, -0.05) is 36.4 Å². The average Bonchev–Trinajstić information content (AvgIpc) is 3.29. The molecular weight excluding hydrogens is 530 g/mol. The van der Waals surface area contributed by atoms with Crippen molar-refractivity contribution in [2.75, 3.05) is 27.2 Å². The van der Waals surface area contributed by atoms with Gasteiger partial charge in [-0.3, -0.25) is 0 Å². The number of carboxylic acid groups (broad SMARTS) is 1. The molecule has 9 nitrogen and oxygen atoms in total. The zero-order chi connectivity index (χ0) is 28.9. The summed E-state index contributed by atoms with van der Waals surface area (Å²) >= 11 is 0. The van der Waals surface area contributed by atoms with E-state index in [9.17, 15) is 23.4 Å². The molecule has 0 bridgehead atoms. The molecule has 0 saturated carbocycles. The fourth-order valence-electron chi connectivity index (χ4n) is 4.49. The first-order chi connectivity index (χ1) is 19.0. The molecule has 0 radical (unpaired) electrons. The molecule has 3 N–H and O–H groups in total. The molecular formula is C30H35N3O6S. The van der Waals surface area contributed by atoms with Crippen molar-refractivity contribution >= 4 is 26.9 Å². The van der Waals surface area contributed by atoms with E-state index in [1.165, 1.54) is 26.2 Å². The Morgan fingerprint density at radius 2 is 1.68 bits per heavy atom. The highest BCUT2D eigenvalue weighted by Crippen LogP contribution is 2.24. The minimum atomic E-state index is -3.54. The molecule has 2 unspecified atom stereocenters. The number of carboxylic acids is 1. The number of para-hydroxylation sites is 1. The molecule has 0 aliphatic rings. The Balaban J connectivity index is 1.42. The van der Waals surface area contributed by atoms with Crippen LogP contribution in [0.4, 0.5) is 0 Å². The minimum Gasteiger partial charge on any atom is -0.491 e. The van der Waals surface area contributed by atoms with Gasteiger partial charge in [0.15, 0.2) is 0 Å². The molecule has 2 atom stereocenters. The highest BCUT2D eigenvalue weighted by atomic mass is 32.2. The molecule has 0 aliphatic carbocycles. The number of aliphatic hydroxyl groups excluding tert-OH is 1. The first-order valence-corrected chi connectivity index (χ1v) is 14.4. The van der Waals surface area contributed by atoms with Crippen LogP contribution in [0.1, 0.15) is 28.5 Å². The molecule has 40 heavy (non-hydrogen) atoms. The normalized spacial score (nSPS) is 13.4. The molecule has 4 rings (SSSR count). The Labute approximate surface area is 234 Å². The summed E-state index contributed by atoms with van der Waals surface area (Å²) in [6.07, 6.45) is 0.0341. The van der Waals surface area contributed by atoms with Gasteiger partial charge >= 0.3 is 5.97 Å². The summed E-state index contributed by atoms with van der Waals surface area (Å²) in [6, 6.07) is 23.4. The van der Waals surface area contributed by atoms with Crippen LogP contribution in [-0.4, -0.2) is 72.9 Å². The topological polar surface area (TPSA) is 121 Å². The van der Waals surface area contributed by atoms with E-state index in [1.54, 1.807) is 22.8 Å². The molecule has 0 spiro atoms. The predicted octanol–water partition coefficient (Wildman–Crippen LogP) is 3.60. The molecule has 212 valence electrons. The van der Waals surface area contributed by atoms with Crippen LogP contribution in [0.25, 0.3) is 10.9 Å². The van der Waals surface area contributed by atoms with Crippen LogP contribution in [0.2, 0.25) is 0 Å².